The second-order valence-electron chi connectivity index (χ2n) is 16.5. The maximum Gasteiger partial charge on any atom is 0.0541 e. The molecule has 0 atom stereocenters. The summed E-state index contributed by atoms with van der Waals surface area (Å²) in [5.74, 6) is 0. The molecule has 0 aliphatic rings. The van der Waals surface area contributed by atoms with Gasteiger partial charge in [0.25, 0.3) is 0 Å². The molecule has 0 radical (unpaired) electrons. The molecule has 12 aromatic rings. The lowest BCUT2D eigenvalue weighted by Gasteiger charge is -2.27. The molecule has 0 saturated carbocycles. The normalized spacial score (nSPS) is 11.4. The van der Waals surface area contributed by atoms with E-state index in [-0.39, 0.29) is 0 Å². The largest absolute Gasteiger partial charge is 0.310 e. The zero-order valence-electron chi connectivity index (χ0n) is 35.1. The third-order valence-electron chi connectivity index (χ3n) is 12.8. The highest BCUT2D eigenvalue weighted by Gasteiger charge is 2.18. The van der Waals surface area contributed by atoms with E-state index >= 15 is 0 Å². The first-order valence-electron chi connectivity index (χ1n) is 22.0. The van der Waals surface area contributed by atoms with Crippen molar-refractivity contribution in [2.24, 2.45) is 0 Å². The Morgan fingerprint density at radius 2 is 0.703 bits per heavy atom. The Balaban J connectivity index is 0.879. The van der Waals surface area contributed by atoms with E-state index < -0.39 is 0 Å². The maximum atomic E-state index is 2.41. The van der Waals surface area contributed by atoms with E-state index in [4.69, 9.17) is 0 Å². The van der Waals surface area contributed by atoms with Crippen LogP contribution in [0.25, 0.3) is 93.5 Å². The Bertz CT molecular complexity index is 3590. The summed E-state index contributed by atoms with van der Waals surface area (Å²) in [6.45, 7) is 0. The van der Waals surface area contributed by atoms with Crippen molar-refractivity contribution in [3.8, 4) is 50.2 Å². The van der Waals surface area contributed by atoms with Crippen LogP contribution in [0.3, 0.4) is 0 Å². The van der Waals surface area contributed by atoms with Crippen LogP contribution >= 0.6 is 0 Å². The summed E-state index contributed by atoms with van der Waals surface area (Å²) in [5.41, 5.74) is 16.5. The first-order chi connectivity index (χ1) is 31.7. The summed E-state index contributed by atoms with van der Waals surface area (Å²) >= 11 is 0. The van der Waals surface area contributed by atoms with E-state index in [0.29, 0.717) is 0 Å². The molecule has 2 nitrogen and oxygen atoms in total. The Labute approximate surface area is 373 Å². The second-order valence-corrected chi connectivity index (χ2v) is 16.5. The Morgan fingerprint density at radius 1 is 0.266 bits per heavy atom. The van der Waals surface area contributed by atoms with Gasteiger partial charge in [-0.15, -0.1) is 0 Å². The van der Waals surface area contributed by atoms with Crippen molar-refractivity contribution in [2.75, 3.05) is 4.90 Å². The fourth-order valence-electron chi connectivity index (χ4n) is 9.72. The van der Waals surface area contributed by atoms with Crippen molar-refractivity contribution in [3.05, 3.63) is 255 Å². The molecule has 300 valence electrons. The molecule has 0 unspecified atom stereocenters. The molecule has 0 N–H and O–H groups in total. The monoisotopic (exact) mass is 814 g/mol. The van der Waals surface area contributed by atoms with Crippen LogP contribution < -0.4 is 4.90 Å². The van der Waals surface area contributed by atoms with Gasteiger partial charge in [-0.1, -0.05) is 200 Å². The molecule has 0 bridgehead atoms. The van der Waals surface area contributed by atoms with Gasteiger partial charge in [-0.25, -0.2) is 0 Å². The molecule has 12 rings (SSSR count). The van der Waals surface area contributed by atoms with Crippen molar-refractivity contribution in [1.82, 2.24) is 4.57 Å². The SMILES string of the molecule is c1cc(-c2ccc(N(c3ccc(-c4ccc(-c5ccccc5-n5c6ccccc6c6ccccc65)cc4)cc3)c3cccc4ccccc34)cc2)cc(-c2cccc3ccccc23)c1. The molecule has 0 aliphatic heterocycles. The number of hydrogen-bond acceptors (Lipinski definition) is 1. The van der Waals surface area contributed by atoms with Crippen LogP contribution in [0.1, 0.15) is 0 Å². The van der Waals surface area contributed by atoms with Crippen LogP contribution in [0.15, 0.2) is 255 Å². The summed E-state index contributed by atoms with van der Waals surface area (Å²) < 4.78 is 2.41. The van der Waals surface area contributed by atoms with Crippen LogP contribution in [0, 0.1) is 0 Å². The Hall–Kier alpha value is -8.46. The minimum Gasteiger partial charge on any atom is -0.310 e. The molecule has 0 amide bonds. The molecular formula is C62H42N2. The number of fused-ring (bicyclic) bond motifs is 5. The van der Waals surface area contributed by atoms with Crippen molar-refractivity contribution < 1.29 is 0 Å². The Kier molecular flexibility index (Phi) is 9.20. The molecule has 2 heteroatoms. The van der Waals surface area contributed by atoms with Crippen LogP contribution in [0.5, 0.6) is 0 Å². The van der Waals surface area contributed by atoms with Crippen LogP contribution in [-0.2, 0) is 0 Å². The lowest BCUT2D eigenvalue weighted by molar-refractivity contribution is 1.18. The standard InChI is InChI=1S/C62H42N2/c1-3-20-53-46(14-1)16-12-25-54(53)50-19-11-18-49(42-50)45-36-40-52(41-37-45)63(59-29-13-17-47-15-2-4-21-55(47)59)51-38-34-44(35-39-51)43-30-32-48(33-31-43)56-22-5-8-26-60(56)64-61-27-9-6-23-57(61)58-24-7-10-28-62(58)64/h1-42H. The van der Waals surface area contributed by atoms with E-state index in [2.05, 4.69) is 264 Å². The van der Waals surface area contributed by atoms with Crippen molar-refractivity contribution >= 4 is 60.4 Å². The molecule has 64 heavy (non-hydrogen) atoms. The van der Waals surface area contributed by atoms with Crippen LogP contribution in [0.2, 0.25) is 0 Å². The second kappa shape index (κ2) is 15.8. The minimum atomic E-state index is 1.10. The lowest BCUT2D eigenvalue weighted by Crippen LogP contribution is -2.10. The molecule has 0 aliphatic carbocycles. The molecule has 0 fully saturated rings. The summed E-state index contributed by atoms with van der Waals surface area (Å²) in [5, 5.41) is 7.47. The van der Waals surface area contributed by atoms with Gasteiger partial charge in [-0.3, -0.25) is 0 Å². The van der Waals surface area contributed by atoms with Gasteiger partial charge in [0.1, 0.15) is 0 Å². The fourth-order valence-corrected chi connectivity index (χ4v) is 9.72. The predicted molar refractivity (Wildman–Crippen MR) is 272 cm³/mol. The predicted octanol–water partition coefficient (Wildman–Crippen LogP) is 17.2. The van der Waals surface area contributed by atoms with E-state index in [0.717, 1.165) is 17.1 Å². The van der Waals surface area contributed by atoms with Gasteiger partial charge in [0.2, 0.25) is 0 Å². The van der Waals surface area contributed by atoms with E-state index in [9.17, 15) is 0 Å². The first kappa shape index (κ1) is 37.3. The van der Waals surface area contributed by atoms with Crippen molar-refractivity contribution in [3.63, 3.8) is 0 Å². The zero-order chi connectivity index (χ0) is 42.4. The van der Waals surface area contributed by atoms with Crippen molar-refractivity contribution in [2.45, 2.75) is 0 Å². The molecule has 1 aromatic heterocycles. The van der Waals surface area contributed by atoms with Crippen LogP contribution in [0.4, 0.5) is 17.1 Å². The number of benzene rings is 11. The lowest BCUT2D eigenvalue weighted by atomic mass is 9.95. The fraction of sp³-hybridized carbons (Fsp3) is 0. The minimum absolute atomic E-state index is 1.10. The Morgan fingerprint density at radius 3 is 1.38 bits per heavy atom. The maximum absolute atomic E-state index is 2.41. The van der Waals surface area contributed by atoms with Gasteiger partial charge in [-0.05, 0) is 110 Å². The topological polar surface area (TPSA) is 8.17 Å². The first-order valence-corrected chi connectivity index (χ1v) is 22.0. The van der Waals surface area contributed by atoms with E-state index in [1.807, 2.05) is 0 Å². The van der Waals surface area contributed by atoms with Gasteiger partial charge < -0.3 is 9.47 Å². The quantitative estimate of drug-likeness (QED) is 0.148. The number of para-hydroxylation sites is 3. The van der Waals surface area contributed by atoms with Gasteiger partial charge >= 0.3 is 0 Å². The number of aromatic nitrogens is 1. The molecule has 1 heterocycles. The van der Waals surface area contributed by atoms with Crippen LogP contribution in [-0.4, -0.2) is 4.57 Å². The highest BCUT2D eigenvalue weighted by molar-refractivity contribution is 6.10. The third kappa shape index (κ3) is 6.52. The molecule has 0 saturated heterocycles. The number of rotatable bonds is 8. The van der Waals surface area contributed by atoms with Gasteiger partial charge in [0, 0.05) is 33.1 Å². The van der Waals surface area contributed by atoms with Crippen molar-refractivity contribution in [1.29, 1.82) is 0 Å². The summed E-state index contributed by atoms with van der Waals surface area (Å²) in [7, 11) is 0. The molecule has 0 spiro atoms. The van der Waals surface area contributed by atoms with Gasteiger partial charge in [0.05, 0.1) is 22.4 Å². The third-order valence-corrected chi connectivity index (χ3v) is 12.8. The summed E-state index contributed by atoms with van der Waals surface area (Å²) in [4.78, 5) is 2.39. The summed E-state index contributed by atoms with van der Waals surface area (Å²) in [6.07, 6.45) is 0. The zero-order valence-corrected chi connectivity index (χ0v) is 35.1. The van der Waals surface area contributed by atoms with E-state index in [1.54, 1.807) is 0 Å². The van der Waals surface area contributed by atoms with Gasteiger partial charge in [0.15, 0.2) is 0 Å². The highest BCUT2D eigenvalue weighted by atomic mass is 15.1. The number of hydrogen-bond donors (Lipinski definition) is 0. The smallest absolute Gasteiger partial charge is 0.0541 e. The molecular weight excluding hydrogens is 773 g/mol. The molecule has 11 aromatic carbocycles. The van der Waals surface area contributed by atoms with Gasteiger partial charge in [-0.2, -0.15) is 0 Å². The average molecular weight is 815 g/mol. The number of nitrogens with zero attached hydrogens (tertiary/aromatic N) is 2. The highest BCUT2D eigenvalue weighted by Crippen LogP contribution is 2.42. The average Bonchev–Trinajstić information content (AvgIpc) is 3.71. The van der Waals surface area contributed by atoms with E-state index in [1.165, 1.54) is 93.5 Å². The summed E-state index contributed by atoms with van der Waals surface area (Å²) in [6, 6.07) is 92.6. The number of anilines is 3.